The molecule has 0 nitrogen and oxygen atoms in total. The van der Waals surface area contributed by atoms with Gasteiger partial charge >= 0.3 is 0 Å². The summed E-state index contributed by atoms with van der Waals surface area (Å²) < 4.78 is 0. The lowest BCUT2D eigenvalue weighted by Gasteiger charge is -2.15. The van der Waals surface area contributed by atoms with Gasteiger partial charge in [-0.3, -0.25) is 0 Å². The molecule has 0 aromatic heterocycles. The zero-order valence-electron chi connectivity index (χ0n) is 7.57. The van der Waals surface area contributed by atoms with Crippen molar-refractivity contribution in [2.45, 2.75) is 32.6 Å². The van der Waals surface area contributed by atoms with Gasteiger partial charge in [-0.15, -0.1) is 0 Å². The first-order valence-electron chi connectivity index (χ1n) is 3.77. The van der Waals surface area contributed by atoms with E-state index in [1.807, 2.05) is 6.08 Å². The maximum Gasteiger partial charge on any atom is 0.0486 e. The fraction of sp³-hybridized carbons (Fsp3) is 0.556. The minimum Gasteiger partial charge on any atom is -0.0988 e. The number of allylic oxidation sites excluding steroid dienone is 3. The molecular formula is C9H18Si. The van der Waals surface area contributed by atoms with Crippen LogP contribution in [0.5, 0.6) is 0 Å². The van der Waals surface area contributed by atoms with Gasteiger partial charge in [0.25, 0.3) is 0 Å². The quantitative estimate of drug-likeness (QED) is 0.431. The van der Waals surface area contributed by atoms with Gasteiger partial charge in [0.05, 0.1) is 0 Å². The van der Waals surface area contributed by atoms with Crippen LogP contribution in [0, 0.1) is 0 Å². The Morgan fingerprint density at radius 2 is 1.90 bits per heavy atom. The highest BCUT2D eigenvalue weighted by Gasteiger charge is 2.12. The summed E-state index contributed by atoms with van der Waals surface area (Å²) in [6.07, 6.45) is 4.13. The Labute approximate surface area is 65.7 Å². The average Bonchev–Trinajstić information content (AvgIpc) is 1.81. The van der Waals surface area contributed by atoms with E-state index in [1.165, 1.54) is 11.6 Å². The van der Waals surface area contributed by atoms with Crippen molar-refractivity contribution in [2.24, 2.45) is 0 Å². The predicted molar refractivity (Wildman–Crippen MR) is 52.1 cm³/mol. The normalized spacial score (nSPS) is 13.4. The maximum absolute atomic E-state index is 3.77. The molecular weight excluding hydrogens is 136 g/mol. The summed E-state index contributed by atoms with van der Waals surface area (Å²) in [4.78, 5) is 0. The van der Waals surface area contributed by atoms with Crippen LogP contribution in [0.2, 0.25) is 25.7 Å². The van der Waals surface area contributed by atoms with Gasteiger partial charge in [0, 0.05) is 8.07 Å². The Kier molecular flexibility index (Phi) is 3.65. The molecule has 0 heterocycles. The lowest BCUT2D eigenvalue weighted by atomic mass is 10.3. The summed E-state index contributed by atoms with van der Waals surface area (Å²) in [5.41, 5.74) is 1.40. The third-order valence-corrected chi connectivity index (χ3v) is 2.84. The zero-order valence-corrected chi connectivity index (χ0v) is 8.57. The Balaban J connectivity index is 4.01. The van der Waals surface area contributed by atoms with Crippen LogP contribution >= 0.6 is 0 Å². The van der Waals surface area contributed by atoms with Crippen molar-refractivity contribution >= 4 is 8.07 Å². The van der Waals surface area contributed by atoms with E-state index in [-0.39, 0.29) is 0 Å². The second-order valence-electron chi connectivity index (χ2n) is 3.81. The molecule has 10 heavy (non-hydrogen) atoms. The van der Waals surface area contributed by atoms with Crippen molar-refractivity contribution in [1.82, 2.24) is 0 Å². The molecule has 0 atom stereocenters. The molecule has 0 aromatic carbocycles. The van der Waals surface area contributed by atoms with Gasteiger partial charge in [0.1, 0.15) is 0 Å². The Bertz CT molecular complexity index is 137. The van der Waals surface area contributed by atoms with Crippen LogP contribution in [0.3, 0.4) is 0 Å². The van der Waals surface area contributed by atoms with Crippen LogP contribution in [0.4, 0.5) is 0 Å². The molecule has 0 bridgehead atoms. The third kappa shape index (κ3) is 4.56. The van der Waals surface area contributed by atoms with E-state index < -0.39 is 8.07 Å². The van der Waals surface area contributed by atoms with Crippen molar-refractivity contribution in [3.05, 3.63) is 24.3 Å². The van der Waals surface area contributed by atoms with Crippen LogP contribution in [-0.2, 0) is 0 Å². The molecule has 0 rings (SSSR count). The molecule has 0 saturated heterocycles. The monoisotopic (exact) mass is 154 g/mol. The van der Waals surface area contributed by atoms with Crippen LogP contribution < -0.4 is 0 Å². The highest BCUT2D eigenvalue weighted by molar-refractivity contribution is 6.76. The smallest absolute Gasteiger partial charge is 0.0486 e. The fourth-order valence-corrected chi connectivity index (χ4v) is 2.48. The first-order chi connectivity index (χ1) is 4.49. The minimum atomic E-state index is -0.902. The Hall–Kier alpha value is -0.303. The molecule has 0 unspecified atom stereocenters. The van der Waals surface area contributed by atoms with Gasteiger partial charge < -0.3 is 0 Å². The summed E-state index contributed by atoms with van der Waals surface area (Å²) >= 11 is 0. The van der Waals surface area contributed by atoms with E-state index in [4.69, 9.17) is 0 Å². The summed E-state index contributed by atoms with van der Waals surface area (Å²) in [7, 11) is -0.902. The van der Waals surface area contributed by atoms with Crippen LogP contribution in [0.1, 0.15) is 6.92 Å². The maximum atomic E-state index is 3.77. The molecule has 0 radical (unpaired) electrons. The van der Waals surface area contributed by atoms with Crippen molar-refractivity contribution in [3.63, 3.8) is 0 Å². The van der Waals surface area contributed by atoms with Crippen LogP contribution in [-0.4, -0.2) is 8.07 Å². The summed E-state index contributed by atoms with van der Waals surface area (Å²) in [6.45, 7) is 13.0. The molecule has 58 valence electrons. The van der Waals surface area contributed by atoms with Crippen LogP contribution in [0.25, 0.3) is 0 Å². The first-order valence-corrected chi connectivity index (χ1v) is 7.48. The van der Waals surface area contributed by atoms with Crippen molar-refractivity contribution in [2.75, 3.05) is 0 Å². The van der Waals surface area contributed by atoms with E-state index in [2.05, 4.69) is 39.2 Å². The van der Waals surface area contributed by atoms with Gasteiger partial charge in [0.2, 0.25) is 0 Å². The summed E-state index contributed by atoms with van der Waals surface area (Å²) in [5, 5.41) is 0. The predicted octanol–water partition coefficient (Wildman–Crippen LogP) is 3.46. The van der Waals surface area contributed by atoms with Gasteiger partial charge in [-0.05, 0) is 13.0 Å². The number of rotatable bonds is 3. The van der Waals surface area contributed by atoms with Crippen molar-refractivity contribution in [3.8, 4) is 0 Å². The fourth-order valence-electron chi connectivity index (χ4n) is 0.904. The van der Waals surface area contributed by atoms with Gasteiger partial charge in [-0.25, -0.2) is 0 Å². The SMILES string of the molecule is C=C/C(=C\C)C[Si](C)(C)C. The molecule has 0 saturated carbocycles. The first kappa shape index (κ1) is 9.70. The van der Waals surface area contributed by atoms with Gasteiger partial charge in [-0.1, -0.05) is 43.9 Å². The molecule has 0 aliphatic heterocycles. The second-order valence-corrected chi connectivity index (χ2v) is 9.28. The third-order valence-electron chi connectivity index (χ3n) is 1.37. The summed E-state index contributed by atoms with van der Waals surface area (Å²) in [5.74, 6) is 0. The average molecular weight is 154 g/mol. The topological polar surface area (TPSA) is 0 Å². The van der Waals surface area contributed by atoms with Crippen LogP contribution in [0.15, 0.2) is 24.3 Å². The number of hydrogen-bond acceptors (Lipinski definition) is 0. The van der Waals surface area contributed by atoms with E-state index in [0.717, 1.165) is 0 Å². The lowest BCUT2D eigenvalue weighted by molar-refractivity contribution is 1.38. The van der Waals surface area contributed by atoms with Gasteiger partial charge in [0.15, 0.2) is 0 Å². The van der Waals surface area contributed by atoms with E-state index in [0.29, 0.717) is 0 Å². The molecule has 0 aliphatic rings. The highest BCUT2D eigenvalue weighted by Crippen LogP contribution is 2.16. The Morgan fingerprint density at radius 3 is 2.00 bits per heavy atom. The van der Waals surface area contributed by atoms with E-state index >= 15 is 0 Å². The van der Waals surface area contributed by atoms with Gasteiger partial charge in [-0.2, -0.15) is 0 Å². The summed E-state index contributed by atoms with van der Waals surface area (Å²) in [6, 6.07) is 1.26. The standard InChI is InChI=1S/C9H18Si/c1-6-9(7-2)8-10(3,4)5/h6-7H,1,8H2,2-5H3/b9-7+. The molecule has 0 aromatic rings. The van der Waals surface area contributed by atoms with Crippen molar-refractivity contribution in [1.29, 1.82) is 0 Å². The van der Waals surface area contributed by atoms with Crippen molar-refractivity contribution < 1.29 is 0 Å². The molecule has 0 spiro atoms. The second kappa shape index (κ2) is 3.77. The molecule has 0 aliphatic carbocycles. The highest BCUT2D eigenvalue weighted by atomic mass is 28.3. The molecule has 0 fully saturated rings. The largest absolute Gasteiger partial charge is 0.0988 e. The molecule has 0 amide bonds. The lowest BCUT2D eigenvalue weighted by Crippen LogP contribution is -2.19. The Morgan fingerprint density at radius 1 is 1.40 bits per heavy atom. The van der Waals surface area contributed by atoms with E-state index in [9.17, 15) is 0 Å². The van der Waals surface area contributed by atoms with E-state index in [1.54, 1.807) is 0 Å². The molecule has 1 heteroatoms. The molecule has 0 N–H and O–H groups in total. The zero-order chi connectivity index (χ0) is 8.20. The minimum absolute atomic E-state index is 0.902. The number of hydrogen-bond donors (Lipinski definition) is 0.